The van der Waals surface area contributed by atoms with Crippen molar-refractivity contribution >= 4 is 22.8 Å². The third-order valence-electron chi connectivity index (χ3n) is 4.52. The number of carbonyl (C=O) groups is 2. The van der Waals surface area contributed by atoms with E-state index < -0.39 is 17.5 Å². The van der Waals surface area contributed by atoms with E-state index >= 15 is 0 Å². The Balaban J connectivity index is 2.49. The molecule has 1 aromatic carbocycles. The molecule has 2 rings (SSSR count). The van der Waals surface area contributed by atoms with Crippen LogP contribution in [0.25, 0.3) is 11.3 Å². The molecule has 1 unspecified atom stereocenters. The number of esters is 1. The molecule has 0 radical (unpaired) electrons. The van der Waals surface area contributed by atoms with Gasteiger partial charge in [0.05, 0.1) is 19.6 Å². The summed E-state index contributed by atoms with van der Waals surface area (Å²) in [5.41, 5.74) is -0.217. The van der Waals surface area contributed by atoms with Crippen LogP contribution in [0.2, 0.25) is 0 Å². The number of carbonyl (C=O) groups excluding carboxylic acids is 2. The second-order valence-corrected chi connectivity index (χ2v) is 7.21. The van der Waals surface area contributed by atoms with E-state index in [4.69, 9.17) is 13.9 Å². The van der Waals surface area contributed by atoms with Gasteiger partial charge >= 0.3 is 11.6 Å². The van der Waals surface area contributed by atoms with Crippen LogP contribution in [0.1, 0.15) is 43.2 Å². The number of benzene rings is 1. The smallest absolute Gasteiger partial charge is 0.354 e. The molecule has 0 N–H and O–H groups in total. The summed E-state index contributed by atoms with van der Waals surface area (Å²) < 4.78 is 15.6. The molecule has 1 aromatic heterocycles. The van der Waals surface area contributed by atoms with Crippen molar-refractivity contribution in [1.82, 2.24) is 0 Å². The van der Waals surface area contributed by atoms with Crippen LogP contribution < -0.4 is 10.4 Å². The Morgan fingerprint density at radius 1 is 1.27 bits per heavy atom. The van der Waals surface area contributed by atoms with Gasteiger partial charge in [-0.15, -0.1) is 0 Å². The van der Waals surface area contributed by atoms with Gasteiger partial charge in [-0.05, 0) is 61.9 Å². The highest BCUT2D eigenvalue weighted by molar-refractivity contribution is 8.13. The van der Waals surface area contributed by atoms with Crippen molar-refractivity contribution in [1.29, 1.82) is 5.26 Å². The minimum atomic E-state index is -0.852. The molecule has 2 aromatic rings. The zero-order chi connectivity index (χ0) is 22.1. The van der Waals surface area contributed by atoms with Gasteiger partial charge in [0.1, 0.15) is 23.1 Å². The molecular formula is C22H23NO6S. The first-order valence-corrected chi connectivity index (χ1v) is 10.6. The molecule has 0 bridgehead atoms. The number of ether oxygens (including phenoxy) is 2. The Hall–Kier alpha value is -3.05. The molecule has 0 aliphatic heterocycles. The Labute approximate surface area is 179 Å². The van der Waals surface area contributed by atoms with E-state index in [1.165, 1.54) is 6.07 Å². The highest BCUT2D eigenvalue weighted by Gasteiger charge is 2.28. The van der Waals surface area contributed by atoms with Gasteiger partial charge in [-0.25, -0.2) is 4.79 Å². The third-order valence-corrected chi connectivity index (χ3v) is 5.18. The Kier molecular flexibility index (Phi) is 8.69. The molecule has 0 aliphatic rings. The lowest BCUT2D eigenvalue weighted by molar-refractivity contribution is -0.145. The SMILES string of the molecule is CCOC(=O)C(CCCC(=O)SC)c1cc(-c2ccc(OC)cc2)oc(=O)c1C#N. The molecule has 0 amide bonds. The molecule has 1 atom stereocenters. The quantitative estimate of drug-likeness (QED) is 0.553. The second kappa shape index (κ2) is 11.2. The summed E-state index contributed by atoms with van der Waals surface area (Å²) >= 11 is 1.12. The van der Waals surface area contributed by atoms with Crippen LogP contribution in [0.4, 0.5) is 0 Å². The predicted octanol–water partition coefficient (Wildman–Crippen LogP) is 3.89. The summed E-state index contributed by atoms with van der Waals surface area (Å²) in [6.07, 6.45) is 2.67. The average molecular weight is 429 g/mol. The van der Waals surface area contributed by atoms with Gasteiger partial charge < -0.3 is 13.9 Å². The Morgan fingerprint density at radius 2 is 1.97 bits per heavy atom. The minimum Gasteiger partial charge on any atom is -0.497 e. The van der Waals surface area contributed by atoms with Crippen molar-refractivity contribution in [2.45, 2.75) is 32.1 Å². The number of hydrogen-bond donors (Lipinski definition) is 0. The van der Waals surface area contributed by atoms with Gasteiger partial charge in [0.15, 0.2) is 5.12 Å². The molecule has 1 heterocycles. The minimum absolute atomic E-state index is 0.00427. The second-order valence-electron chi connectivity index (χ2n) is 6.34. The standard InChI is InChI=1S/C22H23NO6S/c1-4-28-21(25)16(6-5-7-20(24)30-3)17-12-19(29-22(26)18(17)13-23)14-8-10-15(27-2)11-9-14/h8-12,16H,4-7H2,1-3H3. The number of thioether (sulfide) groups is 1. The predicted molar refractivity (Wildman–Crippen MR) is 113 cm³/mol. The largest absolute Gasteiger partial charge is 0.497 e. The maximum absolute atomic E-state index is 12.6. The van der Waals surface area contributed by atoms with Crippen LogP contribution in [-0.2, 0) is 14.3 Å². The van der Waals surface area contributed by atoms with Crippen molar-refractivity contribution in [3.05, 3.63) is 51.9 Å². The number of hydrogen-bond acceptors (Lipinski definition) is 8. The maximum Gasteiger partial charge on any atom is 0.354 e. The van der Waals surface area contributed by atoms with Gasteiger partial charge in [0.25, 0.3) is 0 Å². The molecule has 0 aliphatic carbocycles. The summed E-state index contributed by atoms with van der Waals surface area (Å²) in [4.78, 5) is 36.7. The maximum atomic E-state index is 12.6. The lowest BCUT2D eigenvalue weighted by Crippen LogP contribution is -2.21. The molecular weight excluding hydrogens is 406 g/mol. The van der Waals surface area contributed by atoms with Crippen molar-refractivity contribution in [2.24, 2.45) is 0 Å². The fourth-order valence-electron chi connectivity index (χ4n) is 2.99. The van der Waals surface area contributed by atoms with E-state index in [0.717, 1.165) is 11.8 Å². The van der Waals surface area contributed by atoms with Crippen LogP contribution in [0.5, 0.6) is 5.75 Å². The van der Waals surface area contributed by atoms with E-state index in [2.05, 4.69) is 0 Å². The highest BCUT2D eigenvalue weighted by Crippen LogP contribution is 2.30. The number of methoxy groups -OCH3 is 1. The highest BCUT2D eigenvalue weighted by atomic mass is 32.2. The molecule has 0 fully saturated rings. The molecule has 30 heavy (non-hydrogen) atoms. The molecule has 158 valence electrons. The normalized spacial score (nSPS) is 11.4. The first kappa shape index (κ1) is 23.2. The molecule has 8 heteroatoms. The van der Waals surface area contributed by atoms with Crippen molar-refractivity contribution in [2.75, 3.05) is 20.0 Å². The fraction of sp³-hybridized carbons (Fsp3) is 0.364. The Morgan fingerprint density at radius 3 is 2.53 bits per heavy atom. The summed E-state index contributed by atoms with van der Waals surface area (Å²) in [6, 6.07) is 10.2. The van der Waals surface area contributed by atoms with Crippen LogP contribution in [0.3, 0.4) is 0 Å². The zero-order valence-corrected chi connectivity index (χ0v) is 17.9. The van der Waals surface area contributed by atoms with Gasteiger partial charge in [-0.3, -0.25) is 9.59 Å². The molecule has 0 spiro atoms. The first-order chi connectivity index (χ1) is 14.4. The van der Waals surface area contributed by atoms with Crippen molar-refractivity contribution in [3.8, 4) is 23.1 Å². The van der Waals surface area contributed by atoms with Crippen molar-refractivity contribution in [3.63, 3.8) is 0 Å². The van der Waals surface area contributed by atoms with Gasteiger partial charge in [-0.1, -0.05) is 11.8 Å². The van der Waals surface area contributed by atoms with E-state index in [9.17, 15) is 19.6 Å². The lowest BCUT2D eigenvalue weighted by Gasteiger charge is -2.17. The summed E-state index contributed by atoms with van der Waals surface area (Å²) in [5.74, 6) is -0.531. The molecule has 0 saturated heterocycles. The first-order valence-electron chi connectivity index (χ1n) is 9.41. The van der Waals surface area contributed by atoms with Gasteiger partial charge in [-0.2, -0.15) is 5.26 Å². The van der Waals surface area contributed by atoms with Gasteiger partial charge in [0.2, 0.25) is 0 Å². The van der Waals surface area contributed by atoms with Crippen LogP contribution in [-0.4, -0.2) is 31.1 Å². The van der Waals surface area contributed by atoms with E-state index in [1.54, 1.807) is 44.6 Å². The molecule has 0 saturated carbocycles. The third kappa shape index (κ3) is 5.74. The summed E-state index contributed by atoms with van der Waals surface area (Å²) in [5, 5.41) is 9.51. The fourth-order valence-corrected chi connectivity index (χ4v) is 3.34. The number of rotatable bonds is 9. The zero-order valence-electron chi connectivity index (χ0n) is 17.1. The van der Waals surface area contributed by atoms with Crippen LogP contribution in [0, 0.1) is 11.3 Å². The lowest BCUT2D eigenvalue weighted by atomic mass is 9.90. The van der Waals surface area contributed by atoms with Crippen molar-refractivity contribution < 1.29 is 23.5 Å². The van der Waals surface area contributed by atoms with Crippen LogP contribution in [0.15, 0.2) is 39.5 Å². The van der Waals surface area contributed by atoms with E-state index in [-0.39, 0.29) is 41.5 Å². The Bertz CT molecular complexity index is 990. The summed E-state index contributed by atoms with van der Waals surface area (Å²) in [6.45, 7) is 1.84. The topological polar surface area (TPSA) is 107 Å². The van der Waals surface area contributed by atoms with Crippen LogP contribution >= 0.6 is 11.8 Å². The number of nitrogens with zero attached hydrogens (tertiary/aromatic N) is 1. The monoisotopic (exact) mass is 429 g/mol. The summed E-state index contributed by atoms with van der Waals surface area (Å²) in [7, 11) is 1.54. The van der Waals surface area contributed by atoms with Gasteiger partial charge in [0, 0.05) is 12.0 Å². The van der Waals surface area contributed by atoms with E-state index in [0.29, 0.717) is 17.7 Å². The number of nitriles is 1. The average Bonchev–Trinajstić information content (AvgIpc) is 2.76. The molecule has 7 nitrogen and oxygen atoms in total. The van der Waals surface area contributed by atoms with E-state index in [1.807, 2.05) is 6.07 Å².